The highest BCUT2D eigenvalue weighted by atomic mass is 32.2. The minimum atomic E-state index is -4.01. The molecule has 1 heterocycles. The van der Waals surface area contributed by atoms with Crippen molar-refractivity contribution < 1.29 is 16.8 Å². The number of nitrogens with one attached hydrogen (secondary N) is 1. The third-order valence-corrected chi connectivity index (χ3v) is 6.59. The van der Waals surface area contributed by atoms with Gasteiger partial charge in [0.05, 0.1) is 20.8 Å². The molecule has 0 aliphatic carbocycles. The molecule has 4 rings (SSSR count). The number of fused-ring (bicyclic) bond motifs is 1. The van der Waals surface area contributed by atoms with Gasteiger partial charge in [0, 0.05) is 11.4 Å². The number of primary sulfonamides is 1. The third kappa shape index (κ3) is 3.86. The van der Waals surface area contributed by atoms with E-state index in [9.17, 15) is 16.8 Å². The number of imidazole rings is 1. The second-order valence-corrected chi connectivity index (χ2v) is 9.52. The lowest BCUT2D eigenvalue weighted by molar-refractivity contribution is 0.597. The summed E-state index contributed by atoms with van der Waals surface area (Å²) < 4.78 is 52.5. The molecule has 0 amide bonds. The minimum absolute atomic E-state index is 0.200. The number of nitrogens with two attached hydrogens (primary N) is 1. The van der Waals surface area contributed by atoms with Gasteiger partial charge < -0.3 is 0 Å². The topological polar surface area (TPSA) is 124 Å². The van der Waals surface area contributed by atoms with Crippen molar-refractivity contribution in [1.82, 2.24) is 9.55 Å². The first-order chi connectivity index (χ1) is 13.7. The smallest absolute Gasteiger partial charge is 0.261 e. The Morgan fingerprint density at radius 2 is 1.52 bits per heavy atom. The molecule has 8 nitrogen and oxygen atoms in total. The average molecular weight is 428 g/mol. The van der Waals surface area contributed by atoms with Crippen LogP contribution in [0.5, 0.6) is 0 Å². The van der Waals surface area contributed by atoms with E-state index in [4.69, 9.17) is 5.14 Å². The Balaban J connectivity index is 1.62. The van der Waals surface area contributed by atoms with E-state index in [-0.39, 0.29) is 9.79 Å². The number of benzene rings is 3. The van der Waals surface area contributed by atoms with Crippen molar-refractivity contribution >= 4 is 36.8 Å². The van der Waals surface area contributed by atoms with Crippen LogP contribution in [0.25, 0.3) is 16.7 Å². The van der Waals surface area contributed by atoms with E-state index in [2.05, 4.69) is 9.71 Å². The lowest BCUT2D eigenvalue weighted by Gasteiger charge is -2.10. The number of hydrogen-bond acceptors (Lipinski definition) is 5. The van der Waals surface area contributed by atoms with Crippen molar-refractivity contribution in [2.24, 2.45) is 5.14 Å². The zero-order chi connectivity index (χ0) is 20.6. The number of nitrogens with zero attached hydrogens (tertiary/aromatic N) is 2. The molecule has 0 fully saturated rings. The summed E-state index contributed by atoms with van der Waals surface area (Å²) in [5.41, 5.74) is 2.93. The minimum Gasteiger partial charge on any atom is -0.299 e. The second-order valence-electron chi connectivity index (χ2n) is 6.28. The van der Waals surface area contributed by atoms with E-state index >= 15 is 0 Å². The lowest BCUT2D eigenvalue weighted by Crippen LogP contribution is -2.16. The molecule has 0 spiro atoms. The van der Waals surface area contributed by atoms with Crippen LogP contribution in [0.1, 0.15) is 0 Å². The maximum absolute atomic E-state index is 12.6. The normalized spacial score (nSPS) is 12.2. The summed E-state index contributed by atoms with van der Waals surface area (Å²) in [5.74, 6) is 0. The summed E-state index contributed by atoms with van der Waals surface area (Å²) in [5, 5.41) is 5.07. The van der Waals surface area contributed by atoms with E-state index in [1.165, 1.54) is 18.2 Å². The standard InChI is InChI=1S/C19H16N4O4S2/c20-28(24,25)16-4-3-5-17(12-16)29(26,27)22-14-8-10-15(11-9-14)23-13-21-18-6-1-2-7-19(18)23/h1-13,22H,(H2,20,24,25). The molecule has 1 aromatic heterocycles. The highest BCUT2D eigenvalue weighted by Crippen LogP contribution is 2.22. The molecule has 0 bridgehead atoms. The molecule has 0 saturated carbocycles. The first-order valence-corrected chi connectivity index (χ1v) is 11.5. The fraction of sp³-hybridized carbons (Fsp3) is 0. The van der Waals surface area contributed by atoms with Gasteiger partial charge in [0.25, 0.3) is 10.0 Å². The van der Waals surface area contributed by atoms with Gasteiger partial charge in [-0.1, -0.05) is 18.2 Å². The molecule has 0 unspecified atom stereocenters. The molecular weight excluding hydrogens is 412 g/mol. The van der Waals surface area contributed by atoms with Crippen molar-refractivity contribution in [3.63, 3.8) is 0 Å². The number of aromatic nitrogens is 2. The van der Waals surface area contributed by atoms with Gasteiger partial charge in [-0.2, -0.15) is 0 Å². The van der Waals surface area contributed by atoms with Gasteiger partial charge in [0.2, 0.25) is 10.0 Å². The molecule has 3 aromatic carbocycles. The van der Waals surface area contributed by atoms with Crippen molar-refractivity contribution in [2.45, 2.75) is 9.79 Å². The number of anilines is 1. The third-order valence-electron chi connectivity index (χ3n) is 4.30. The molecule has 148 valence electrons. The maximum atomic E-state index is 12.6. The molecule has 0 radical (unpaired) electrons. The molecule has 29 heavy (non-hydrogen) atoms. The monoisotopic (exact) mass is 428 g/mol. The Morgan fingerprint density at radius 3 is 2.24 bits per heavy atom. The Labute approximate surface area is 167 Å². The van der Waals surface area contributed by atoms with E-state index in [1.54, 1.807) is 30.6 Å². The van der Waals surface area contributed by atoms with Crippen LogP contribution in [-0.2, 0) is 20.0 Å². The number of sulfonamides is 2. The Morgan fingerprint density at radius 1 is 0.828 bits per heavy atom. The average Bonchev–Trinajstić information content (AvgIpc) is 3.12. The fourth-order valence-electron chi connectivity index (χ4n) is 2.89. The van der Waals surface area contributed by atoms with Gasteiger partial charge in [-0.15, -0.1) is 0 Å². The van der Waals surface area contributed by atoms with Crippen LogP contribution in [0, 0.1) is 0 Å². The quantitative estimate of drug-likeness (QED) is 0.505. The summed E-state index contributed by atoms with van der Waals surface area (Å²) in [7, 11) is -7.99. The largest absolute Gasteiger partial charge is 0.299 e. The molecule has 4 aromatic rings. The van der Waals surface area contributed by atoms with Crippen LogP contribution >= 0.6 is 0 Å². The summed E-state index contributed by atoms with van der Waals surface area (Å²) in [6.07, 6.45) is 1.70. The van der Waals surface area contributed by atoms with Crippen LogP contribution in [0.4, 0.5) is 5.69 Å². The molecule has 0 aliphatic heterocycles. The van der Waals surface area contributed by atoms with Gasteiger partial charge in [-0.3, -0.25) is 9.29 Å². The van der Waals surface area contributed by atoms with Crippen molar-refractivity contribution in [1.29, 1.82) is 0 Å². The first kappa shape index (κ1) is 19.1. The SMILES string of the molecule is NS(=O)(=O)c1cccc(S(=O)(=O)Nc2ccc(-n3cnc4ccccc43)cc2)c1. The molecule has 3 N–H and O–H groups in total. The molecule has 0 atom stereocenters. The summed E-state index contributed by atoms with van der Waals surface area (Å²) >= 11 is 0. The van der Waals surface area contributed by atoms with Crippen molar-refractivity contribution in [3.05, 3.63) is 79.1 Å². The van der Waals surface area contributed by atoms with Gasteiger partial charge in [0.1, 0.15) is 6.33 Å². The highest BCUT2D eigenvalue weighted by molar-refractivity contribution is 7.93. The lowest BCUT2D eigenvalue weighted by atomic mass is 10.2. The van der Waals surface area contributed by atoms with E-state index in [0.717, 1.165) is 22.8 Å². The Hall–Kier alpha value is -3.21. The molecule has 10 heteroatoms. The molecular formula is C19H16N4O4S2. The van der Waals surface area contributed by atoms with E-state index in [1.807, 2.05) is 28.8 Å². The maximum Gasteiger partial charge on any atom is 0.261 e. The Kier molecular flexibility index (Phi) is 4.61. The van der Waals surface area contributed by atoms with Crippen molar-refractivity contribution in [3.8, 4) is 5.69 Å². The summed E-state index contributed by atoms with van der Waals surface area (Å²) in [6.45, 7) is 0. The van der Waals surface area contributed by atoms with Gasteiger partial charge in [0.15, 0.2) is 0 Å². The number of hydrogen-bond donors (Lipinski definition) is 2. The van der Waals surface area contributed by atoms with Crippen LogP contribution in [0.3, 0.4) is 0 Å². The summed E-state index contributed by atoms with van der Waals surface area (Å²) in [6, 6.07) is 19.3. The van der Waals surface area contributed by atoms with Gasteiger partial charge >= 0.3 is 0 Å². The predicted molar refractivity (Wildman–Crippen MR) is 110 cm³/mol. The second kappa shape index (κ2) is 6.99. The molecule has 0 saturated heterocycles. The number of para-hydroxylation sites is 2. The predicted octanol–water partition coefficient (Wildman–Crippen LogP) is 2.47. The van der Waals surface area contributed by atoms with E-state index in [0.29, 0.717) is 5.69 Å². The van der Waals surface area contributed by atoms with Crippen LogP contribution in [0.2, 0.25) is 0 Å². The van der Waals surface area contributed by atoms with Crippen molar-refractivity contribution in [2.75, 3.05) is 4.72 Å². The summed E-state index contributed by atoms with van der Waals surface area (Å²) in [4.78, 5) is 3.86. The van der Waals surface area contributed by atoms with Gasteiger partial charge in [-0.05, 0) is 54.6 Å². The zero-order valence-electron chi connectivity index (χ0n) is 14.9. The van der Waals surface area contributed by atoms with E-state index < -0.39 is 20.0 Å². The highest BCUT2D eigenvalue weighted by Gasteiger charge is 2.17. The zero-order valence-corrected chi connectivity index (χ0v) is 16.6. The van der Waals surface area contributed by atoms with Crippen LogP contribution in [-0.4, -0.2) is 26.4 Å². The molecule has 0 aliphatic rings. The first-order valence-electron chi connectivity index (χ1n) is 8.42. The van der Waals surface area contributed by atoms with Crippen LogP contribution < -0.4 is 9.86 Å². The number of rotatable bonds is 5. The Bertz CT molecular complexity index is 1410. The van der Waals surface area contributed by atoms with Gasteiger partial charge in [-0.25, -0.2) is 27.0 Å². The fourth-order valence-corrected chi connectivity index (χ4v) is 4.63. The van der Waals surface area contributed by atoms with Crippen LogP contribution in [0.15, 0.2) is 88.9 Å².